The Morgan fingerprint density at radius 3 is 2.95 bits per heavy atom. The molecule has 3 nitrogen and oxygen atoms in total. The lowest BCUT2D eigenvalue weighted by molar-refractivity contribution is -0.146. The van der Waals surface area contributed by atoms with Gasteiger partial charge in [0.05, 0.1) is 12.1 Å². The Morgan fingerprint density at radius 2 is 2.26 bits per heavy atom. The van der Waals surface area contributed by atoms with Crippen LogP contribution in [0.2, 0.25) is 10.0 Å². The zero-order valence-electron chi connectivity index (χ0n) is 10.5. The molecule has 0 amide bonds. The number of ether oxygens (including phenoxy) is 1. The van der Waals surface area contributed by atoms with E-state index >= 15 is 0 Å². The number of hydrogen-bond donors (Lipinski definition) is 1. The largest absolute Gasteiger partial charge is 0.468 e. The molecule has 0 spiro atoms. The van der Waals surface area contributed by atoms with Crippen molar-refractivity contribution in [2.45, 2.75) is 34.9 Å². The van der Waals surface area contributed by atoms with Crippen molar-refractivity contribution in [2.24, 2.45) is 5.73 Å². The number of nitrogens with two attached hydrogens (primary N) is 1. The van der Waals surface area contributed by atoms with E-state index in [-0.39, 0.29) is 11.2 Å². The average molecular weight is 320 g/mol. The predicted molar refractivity (Wildman–Crippen MR) is 78.9 cm³/mol. The van der Waals surface area contributed by atoms with Gasteiger partial charge >= 0.3 is 5.97 Å². The summed E-state index contributed by atoms with van der Waals surface area (Å²) in [7, 11) is 1.37. The minimum atomic E-state index is -0.864. The van der Waals surface area contributed by atoms with Crippen molar-refractivity contribution < 1.29 is 9.53 Å². The molecule has 0 heterocycles. The van der Waals surface area contributed by atoms with Gasteiger partial charge in [-0.3, -0.25) is 4.79 Å². The van der Waals surface area contributed by atoms with E-state index in [2.05, 4.69) is 0 Å². The Balaban J connectivity index is 2.06. The Labute approximate surface area is 126 Å². The van der Waals surface area contributed by atoms with Crippen LogP contribution in [0.25, 0.3) is 0 Å². The first-order valence-corrected chi connectivity index (χ1v) is 7.57. The fourth-order valence-corrected chi connectivity index (χ4v) is 4.10. The Hall–Kier alpha value is -0.420. The third-order valence-corrected chi connectivity index (χ3v) is 5.29. The molecule has 1 saturated carbocycles. The summed E-state index contributed by atoms with van der Waals surface area (Å²) in [4.78, 5) is 12.6. The standard InChI is InChI=1S/C13H15Cl2NO2S/c1-18-12(17)13(16)5-4-9(7-13)19-11-6-8(14)2-3-10(11)15/h2-3,6,9H,4-5,7,16H2,1H3. The van der Waals surface area contributed by atoms with Crippen molar-refractivity contribution in [3.63, 3.8) is 0 Å². The van der Waals surface area contributed by atoms with Gasteiger partial charge in [-0.1, -0.05) is 23.2 Å². The van der Waals surface area contributed by atoms with E-state index in [1.54, 1.807) is 23.9 Å². The summed E-state index contributed by atoms with van der Waals surface area (Å²) in [6, 6.07) is 5.37. The van der Waals surface area contributed by atoms with E-state index in [9.17, 15) is 4.79 Å². The van der Waals surface area contributed by atoms with Crippen molar-refractivity contribution >= 4 is 40.9 Å². The van der Waals surface area contributed by atoms with Crippen LogP contribution in [0.15, 0.2) is 23.1 Å². The molecule has 0 aromatic heterocycles. The molecule has 0 saturated heterocycles. The van der Waals surface area contributed by atoms with E-state index in [4.69, 9.17) is 33.7 Å². The number of benzene rings is 1. The van der Waals surface area contributed by atoms with Crippen molar-refractivity contribution in [1.82, 2.24) is 0 Å². The van der Waals surface area contributed by atoms with Gasteiger partial charge in [0.25, 0.3) is 0 Å². The molecule has 1 aliphatic rings. The summed E-state index contributed by atoms with van der Waals surface area (Å²) in [6.07, 6.45) is 2.09. The summed E-state index contributed by atoms with van der Waals surface area (Å²) < 4.78 is 4.76. The topological polar surface area (TPSA) is 52.3 Å². The lowest BCUT2D eigenvalue weighted by Gasteiger charge is -2.20. The first-order chi connectivity index (χ1) is 8.94. The first kappa shape index (κ1) is 15.0. The van der Waals surface area contributed by atoms with E-state index in [0.717, 1.165) is 11.3 Å². The molecular formula is C13H15Cl2NO2S. The predicted octanol–water partition coefficient (Wildman–Crippen LogP) is 3.51. The molecule has 2 rings (SSSR count). The van der Waals surface area contributed by atoms with Gasteiger partial charge in [-0.05, 0) is 37.5 Å². The second kappa shape index (κ2) is 5.92. The van der Waals surface area contributed by atoms with Crippen molar-refractivity contribution in [3.05, 3.63) is 28.2 Å². The quantitative estimate of drug-likeness (QED) is 0.866. The lowest BCUT2D eigenvalue weighted by Crippen LogP contribution is -2.46. The highest BCUT2D eigenvalue weighted by Crippen LogP contribution is 2.42. The first-order valence-electron chi connectivity index (χ1n) is 5.93. The molecule has 19 heavy (non-hydrogen) atoms. The second-order valence-electron chi connectivity index (χ2n) is 4.71. The van der Waals surface area contributed by atoms with Crippen LogP contribution in [0.3, 0.4) is 0 Å². The molecule has 0 aliphatic heterocycles. The summed E-state index contributed by atoms with van der Waals surface area (Å²) in [5.41, 5.74) is 5.21. The van der Waals surface area contributed by atoms with Gasteiger partial charge in [-0.2, -0.15) is 0 Å². The lowest BCUT2D eigenvalue weighted by atomic mass is 10.00. The zero-order chi connectivity index (χ0) is 14.0. The van der Waals surface area contributed by atoms with Crippen LogP contribution in [0.1, 0.15) is 19.3 Å². The molecule has 1 aliphatic carbocycles. The van der Waals surface area contributed by atoms with Gasteiger partial charge in [0, 0.05) is 15.2 Å². The zero-order valence-corrected chi connectivity index (χ0v) is 12.8. The highest BCUT2D eigenvalue weighted by Gasteiger charge is 2.43. The number of carbonyl (C=O) groups excluding carboxylic acids is 1. The van der Waals surface area contributed by atoms with Gasteiger partial charge in [0.1, 0.15) is 5.54 Å². The van der Waals surface area contributed by atoms with Gasteiger partial charge in [0.15, 0.2) is 0 Å². The highest BCUT2D eigenvalue weighted by atomic mass is 35.5. The normalized spacial score (nSPS) is 26.4. The minimum absolute atomic E-state index is 0.250. The highest BCUT2D eigenvalue weighted by molar-refractivity contribution is 8.00. The van der Waals surface area contributed by atoms with E-state index in [1.165, 1.54) is 7.11 Å². The van der Waals surface area contributed by atoms with Crippen LogP contribution >= 0.6 is 35.0 Å². The average Bonchev–Trinajstić information content (AvgIpc) is 2.76. The molecule has 1 fully saturated rings. The number of hydrogen-bond acceptors (Lipinski definition) is 4. The van der Waals surface area contributed by atoms with Crippen LogP contribution in [0.5, 0.6) is 0 Å². The molecule has 2 unspecified atom stereocenters. The van der Waals surface area contributed by atoms with Crippen LogP contribution in [0.4, 0.5) is 0 Å². The smallest absolute Gasteiger partial charge is 0.325 e. The van der Waals surface area contributed by atoms with Gasteiger partial charge in [-0.25, -0.2) is 0 Å². The number of carbonyl (C=O) groups is 1. The van der Waals surface area contributed by atoms with Crippen LogP contribution in [-0.4, -0.2) is 23.9 Å². The maximum absolute atomic E-state index is 11.7. The fraction of sp³-hybridized carbons (Fsp3) is 0.462. The Morgan fingerprint density at radius 1 is 1.53 bits per heavy atom. The molecule has 1 aromatic rings. The summed E-state index contributed by atoms with van der Waals surface area (Å²) in [5, 5.41) is 1.57. The number of thioether (sulfide) groups is 1. The third kappa shape index (κ3) is 3.37. The van der Waals surface area contributed by atoms with Gasteiger partial charge in [0.2, 0.25) is 0 Å². The number of halogens is 2. The molecule has 104 valence electrons. The molecular weight excluding hydrogens is 305 g/mol. The van der Waals surface area contributed by atoms with Crippen LogP contribution in [0, 0.1) is 0 Å². The van der Waals surface area contributed by atoms with Crippen LogP contribution < -0.4 is 5.73 Å². The summed E-state index contributed by atoms with van der Waals surface area (Å²) >= 11 is 13.7. The van der Waals surface area contributed by atoms with Crippen LogP contribution in [-0.2, 0) is 9.53 Å². The SMILES string of the molecule is COC(=O)C1(N)CCC(Sc2cc(Cl)ccc2Cl)C1. The maximum Gasteiger partial charge on any atom is 0.325 e. The van der Waals surface area contributed by atoms with E-state index < -0.39 is 5.54 Å². The molecule has 0 bridgehead atoms. The number of esters is 1. The van der Waals surface area contributed by atoms with Crippen molar-refractivity contribution in [3.8, 4) is 0 Å². The summed E-state index contributed by atoms with van der Waals surface area (Å²) in [6.45, 7) is 0. The Kier molecular flexibility index (Phi) is 4.66. The van der Waals surface area contributed by atoms with Gasteiger partial charge in [-0.15, -0.1) is 11.8 Å². The van der Waals surface area contributed by atoms with Crippen molar-refractivity contribution in [2.75, 3.05) is 7.11 Å². The fourth-order valence-electron chi connectivity index (χ4n) is 2.27. The summed E-state index contributed by atoms with van der Waals surface area (Å²) in [5.74, 6) is -0.340. The monoisotopic (exact) mass is 319 g/mol. The molecule has 1 aromatic carbocycles. The van der Waals surface area contributed by atoms with E-state index in [1.807, 2.05) is 6.07 Å². The van der Waals surface area contributed by atoms with Gasteiger partial charge < -0.3 is 10.5 Å². The molecule has 0 radical (unpaired) electrons. The minimum Gasteiger partial charge on any atom is -0.468 e. The maximum atomic E-state index is 11.7. The molecule has 2 atom stereocenters. The molecule has 2 N–H and O–H groups in total. The van der Waals surface area contributed by atoms with Crippen molar-refractivity contribution in [1.29, 1.82) is 0 Å². The number of methoxy groups -OCH3 is 1. The Bertz CT molecular complexity index is 498. The van der Waals surface area contributed by atoms with E-state index in [0.29, 0.717) is 22.9 Å². The second-order valence-corrected chi connectivity index (χ2v) is 6.89. The third-order valence-electron chi connectivity index (χ3n) is 3.28. The molecule has 6 heteroatoms. The number of rotatable bonds is 3.